The Morgan fingerprint density at radius 1 is 1.19 bits per heavy atom. The number of rotatable bonds is 4. The third kappa shape index (κ3) is 3.65. The molecule has 21 heavy (non-hydrogen) atoms. The first-order valence-corrected chi connectivity index (χ1v) is 8.09. The zero-order chi connectivity index (χ0) is 15.5. The van der Waals surface area contributed by atoms with Gasteiger partial charge in [0.1, 0.15) is 5.54 Å². The Hall–Kier alpha value is -1.35. The van der Waals surface area contributed by atoms with Crippen LogP contribution in [0, 0.1) is 13.8 Å². The Kier molecular flexibility index (Phi) is 5.04. The molecule has 1 aliphatic rings. The molecule has 0 spiro atoms. The number of aryl methyl sites for hydroxylation is 2. The van der Waals surface area contributed by atoms with Crippen LogP contribution in [0.4, 0.5) is 0 Å². The third-order valence-corrected chi connectivity index (χ3v) is 4.76. The minimum atomic E-state index is -0.785. The van der Waals surface area contributed by atoms with Crippen LogP contribution in [0.5, 0.6) is 0 Å². The predicted molar refractivity (Wildman–Crippen MR) is 87.1 cm³/mol. The number of primary amides is 1. The molecule has 116 valence electrons. The minimum Gasteiger partial charge on any atom is -0.368 e. The summed E-state index contributed by atoms with van der Waals surface area (Å²) in [7, 11) is 0. The molecule has 2 rings (SSSR count). The van der Waals surface area contributed by atoms with Crippen molar-refractivity contribution >= 4 is 5.91 Å². The summed E-state index contributed by atoms with van der Waals surface area (Å²) in [6.45, 7) is 6.05. The van der Waals surface area contributed by atoms with E-state index in [2.05, 4.69) is 31.3 Å². The number of amides is 1. The van der Waals surface area contributed by atoms with E-state index >= 15 is 0 Å². The SMILES string of the molecule is Cc1ccc(C(C)(NC2CCCCCC2)C(N)=O)c(C)c1. The average Bonchev–Trinajstić information content (AvgIpc) is 2.66. The fourth-order valence-corrected chi connectivity index (χ4v) is 3.49. The second-order valence-corrected chi connectivity index (χ2v) is 6.64. The summed E-state index contributed by atoms with van der Waals surface area (Å²) in [6, 6.07) is 6.59. The maximum atomic E-state index is 12.2. The number of nitrogens with two attached hydrogens (primary N) is 1. The van der Waals surface area contributed by atoms with Gasteiger partial charge in [-0.1, -0.05) is 49.4 Å². The van der Waals surface area contributed by atoms with Gasteiger partial charge in [0.15, 0.2) is 0 Å². The van der Waals surface area contributed by atoms with Crippen molar-refractivity contribution in [1.82, 2.24) is 5.32 Å². The Labute approximate surface area is 128 Å². The first kappa shape index (κ1) is 16.0. The second-order valence-electron chi connectivity index (χ2n) is 6.64. The molecule has 0 aromatic heterocycles. The Bertz CT molecular complexity index is 504. The van der Waals surface area contributed by atoms with Crippen LogP contribution in [0.2, 0.25) is 0 Å². The molecule has 0 bridgehead atoms. The zero-order valence-electron chi connectivity index (χ0n) is 13.5. The molecule has 1 amide bonds. The molecule has 0 heterocycles. The van der Waals surface area contributed by atoms with Gasteiger partial charge in [-0.15, -0.1) is 0 Å². The molecule has 1 unspecified atom stereocenters. The van der Waals surface area contributed by atoms with Gasteiger partial charge in [0.05, 0.1) is 0 Å². The molecule has 1 aromatic carbocycles. The van der Waals surface area contributed by atoms with Gasteiger partial charge in [0.25, 0.3) is 0 Å². The topological polar surface area (TPSA) is 55.1 Å². The summed E-state index contributed by atoms with van der Waals surface area (Å²) < 4.78 is 0. The van der Waals surface area contributed by atoms with Crippen LogP contribution < -0.4 is 11.1 Å². The van der Waals surface area contributed by atoms with E-state index in [0.717, 1.165) is 24.0 Å². The molecule has 0 radical (unpaired) electrons. The molecule has 1 fully saturated rings. The summed E-state index contributed by atoms with van der Waals surface area (Å²) in [6.07, 6.45) is 7.34. The molecular formula is C18H28N2O. The summed E-state index contributed by atoms with van der Waals surface area (Å²) >= 11 is 0. The molecule has 3 nitrogen and oxygen atoms in total. The first-order valence-electron chi connectivity index (χ1n) is 8.09. The van der Waals surface area contributed by atoms with Crippen molar-refractivity contribution in [2.75, 3.05) is 0 Å². The normalized spacial score (nSPS) is 19.8. The maximum Gasteiger partial charge on any atom is 0.242 e. The maximum absolute atomic E-state index is 12.2. The summed E-state index contributed by atoms with van der Waals surface area (Å²) in [5.74, 6) is -0.293. The average molecular weight is 288 g/mol. The number of carbonyl (C=O) groups excluding carboxylic acids is 1. The van der Waals surface area contributed by atoms with E-state index in [-0.39, 0.29) is 5.91 Å². The van der Waals surface area contributed by atoms with E-state index in [9.17, 15) is 4.79 Å². The molecule has 0 aliphatic heterocycles. The lowest BCUT2D eigenvalue weighted by molar-refractivity contribution is -0.124. The van der Waals surface area contributed by atoms with E-state index in [1.54, 1.807) is 0 Å². The van der Waals surface area contributed by atoms with Crippen molar-refractivity contribution < 1.29 is 4.79 Å². The number of carbonyl (C=O) groups is 1. The lowest BCUT2D eigenvalue weighted by Gasteiger charge is -2.34. The highest BCUT2D eigenvalue weighted by Crippen LogP contribution is 2.28. The summed E-state index contributed by atoms with van der Waals surface area (Å²) in [5.41, 5.74) is 8.31. The molecule has 3 heteroatoms. The summed E-state index contributed by atoms with van der Waals surface area (Å²) in [5, 5.41) is 3.57. The van der Waals surface area contributed by atoms with Crippen molar-refractivity contribution in [3.05, 3.63) is 34.9 Å². The van der Waals surface area contributed by atoms with Crippen LogP contribution in [0.15, 0.2) is 18.2 Å². The number of hydrogen-bond acceptors (Lipinski definition) is 2. The van der Waals surface area contributed by atoms with Crippen molar-refractivity contribution in [1.29, 1.82) is 0 Å². The lowest BCUT2D eigenvalue weighted by Crippen LogP contribution is -2.54. The highest BCUT2D eigenvalue weighted by molar-refractivity contribution is 5.86. The van der Waals surface area contributed by atoms with Crippen molar-refractivity contribution in [3.8, 4) is 0 Å². The Morgan fingerprint density at radius 2 is 1.81 bits per heavy atom. The van der Waals surface area contributed by atoms with Gasteiger partial charge in [0, 0.05) is 6.04 Å². The highest BCUT2D eigenvalue weighted by atomic mass is 16.1. The number of benzene rings is 1. The quantitative estimate of drug-likeness (QED) is 0.835. The molecule has 1 saturated carbocycles. The molecule has 1 aliphatic carbocycles. The van der Waals surface area contributed by atoms with E-state index in [1.165, 1.54) is 31.2 Å². The van der Waals surface area contributed by atoms with Crippen LogP contribution in [-0.2, 0) is 10.3 Å². The van der Waals surface area contributed by atoms with Gasteiger partial charge in [-0.05, 0) is 44.7 Å². The molecule has 3 N–H and O–H groups in total. The minimum absolute atomic E-state index is 0.293. The van der Waals surface area contributed by atoms with Gasteiger partial charge in [-0.25, -0.2) is 0 Å². The molecule has 1 aromatic rings. The van der Waals surface area contributed by atoms with Gasteiger partial charge < -0.3 is 5.73 Å². The second kappa shape index (κ2) is 6.61. The fourth-order valence-electron chi connectivity index (χ4n) is 3.49. The van der Waals surface area contributed by atoms with Gasteiger partial charge in [-0.2, -0.15) is 0 Å². The van der Waals surface area contributed by atoms with Gasteiger partial charge in [0.2, 0.25) is 5.91 Å². The molecular weight excluding hydrogens is 260 g/mol. The van der Waals surface area contributed by atoms with Crippen LogP contribution in [0.1, 0.15) is 62.1 Å². The zero-order valence-corrected chi connectivity index (χ0v) is 13.5. The smallest absolute Gasteiger partial charge is 0.242 e. The fraction of sp³-hybridized carbons (Fsp3) is 0.611. The third-order valence-electron chi connectivity index (χ3n) is 4.76. The van der Waals surface area contributed by atoms with E-state index in [1.807, 2.05) is 13.0 Å². The molecule has 0 saturated heterocycles. The largest absolute Gasteiger partial charge is 0.368 e. The lowest BCUT2D eigenvalue weighted by atomic mass is 9.85. The van der Waals surface area contributed by atoms with Gasteiger partial charge in [-0.3, -0.25) is 10.1 Å². The highest BCUT2D eigenvalue weighted by Gasteiger charge is 2.36. The van der Waals surface area contributed by atoms with Crippen molar-refractivity contribution in [3.63, 3.8) is 0 Å². The first-order chi connectivity index (χ1) is 9.93. The van der Waals surface area contributed by atoms with E-state index in [0.29, 0.717) is 6.04 Å². The van der Waals surface area contributed by atoms with Crippen LogP contribution >= 0.6 is 0 Å². The molecule has 1 atom stereocenters. The Morgan fingerprint density at radius 3 is 2.33 bits per heavy atom. The van der Waals surface area contributed by atoms with Crippen molar-refractivity contribution in [2.24, 2.45) is 5.73 Å². The number of hydrogen-bond donors (Lipinski definition) is 2. The van der Waals surface area contributed by atoms with Crippen LogP contribution in [0.3, 0.4) is 0 Å². The van der Waals surface area contributed by atoms with E-state index < -0.39 is 5.54 Å². The standard InChI is InChI=1S/C18H28N2O/c1-13-10-11-16(14(2)12-13)18(3,17(19)21)20-15-8-6-4-5-7-9-15/h10-12,15,20H,4-9H2,1-3H3,(H2,19,21). The number of nitrogens with one attached hydrogen (secondary N) is 1. The van der Waals surface area contributed by atoms with E-state index in [4.69, 9.17) is 5.73 Å². The van der Waals surface area contributed by atoms with Crippen molar-refractivity contribution in [2.45, 2.75) is 70.9 Å². The predicted octanol–water partition coefficient (Wildman–Crippen LogP) is 3.32. The monoisotopic (exact) mass is 288 g/mol. The van der Waals surface area contributed by atoms with Crippen LogP contribution in [0.25, 0.3) is 0 Å². The Balaban J connectivity index is 2.28. The van der Waals surface area contributed by atoms with Gasteiger partial charge >= 0.3 is 0 Å². The summed E-state index contributed by atoms with van der Waals surface area (Å²) in [4.78, 5) is 12.2. The van der Waals surface area contributed by atoms with Crippen LogP contribution in [-0.4, -0.2) is 11.9 Å².